The Morgan fingerprint density at radius 3 is 0.903 bits per heavy atom. The molecule has 0 saturated carbocycles. The van der Waals surface area contributed by atoms with Crippen molar-refractivity contribution in [3.63, 3.8) is 0 Å². The van der Waals surface area contributed by atoms with Crippen molar-refractivity contribution < 1.29 is 24.2 Å². The molecule has 0 aromatic rings. The minimum absolute atomic E-state index is 0.0611. The smallest absolute Gasteiger partial charge is 0.306 e. The van der Waals surface area contributed by atoms with Gasteiger partial charge >= 0.3 is 11.9 Å². The lowest BCUT2D eigenvalue weighted by Gasteiger charge is -2.15. The van der Waals surface area contributed by atoms with Gasteiger partial charge in [-0.25, -0.2) is 0 Å². The van der Waals surface area contributed by atoms with E-state index in [-0.39, 0.29) is 25.2 Å². The van der Waals surface area contributed by atoms with Crippen molar-refractivity contribution >= 4 is 11.9 Å². The van der Waals surface area contributed by atoms with Gasteiger partial charge in [0.25, 0.3) is 0 Å². The van der Waals surface area contributed by atoms with E-state index < -0.39 is 6.10 Å². The molecule has 420 valence electrons. The van der Waals surface area contributed by atoms with Gasteiger partial charge in [0, 0.05) is 12.8 Å². The number of esters is 2. The monoisotopic (exact) mass is 1010 g/mol. The van der Waals surface area contributed by atoms with Gasteiger partial charge in [0.05, 0.1) is 6.61 Å². The lowest BCUT2D eigenvalue weighted by atomic mass is 10.0. The molecule has 0 radical (unpaired) electrons. The molecule has 5 nitrogen and oxygen atoms in total. The third-order valence-corrected chi connectivity index (χ3v) is 14.3. The van der Waals surface area contributed by atoms with Gasteiger partial charge in [-0.2, -0.15) is 0 Å². The van der Waals surface area contributed by atoms with Crippen LogP contribution in [0.25, 0.3) is 0 Å². The molecule has 1 N–H and O–H groups in total. The molecule has 0 fully saturated rings. The Morgan fingerprint density at radius 2 is 0.597 bits per heavy atom. The number of aliphatic hydroxyl groups is 1. The molecule has 0 heterocycles. The number of unbranched alkanes of at least 4 members (excludes halogenated alkanes) is 41. The van der Waals surface area contributed by atoms with E-state index in [0.717, 1.165) is 64.2 Å². The van der Waals surface area contributed by atoms with Crippen molar-refractivity contribution in [2.75, 3.05) is 13.2 Å². The van der Waals surface area contributed by atoms with Crippen LogP contribution in [0.15, 0.2) is 60.8 Å². The van der Waals surface area contributed by atoms with Gasteiger partial charge < -0.3 is 14.6 Å². The summed E-state index contributed by atoms with van der Waals surface area (Å²) in [6.07, 6.45) is 85.1. The molecule has 0 aliphatic carbocycles. The zero-order chi connectivity index (χ0) is 52.0. The van der Waals surface area contributed by atoms with E-state index in [0.29, 0.717) is 12.8 Å². The standard InChI is InChI=1S/C67H122O5/c1-3-5-7-9-11-13-15-17-19-21-23-25-27-29-30-31-32-33-34-35-36-38-40-42-44-46-48-50-52-54-56-58-60-62-67(70)72-65(63-68)64-71-66(69)61-59-57-55-53-51-49-47-45-43-41-39-37-28-26-24-22-20-18-16-14-12-10-8-6-4-2/h5,7,11,13,17,19,23,25,29-30,65,68H,3-4,6,8-10,12,14-16,18,20-22,24,26-28,31-64H2,1-2H3/b7-5-,13-11-,19-17-,25-23-,30-29-. The lowest BCUT2D eigenvalue weighted by molar-refractivity contribution is -0.161. The highest BCUT2D eigenvalue weighted by molar-refractivity contribution is 5.70. The highest BCUT2D eigenvalue weighted by Gasteiger charge is 2.16. The van der Waals surface area contributed by atoms with Crippen LogP contribution >= 0.6 is 0 Å². The molecule has 1 unspecified atom stereocenters. The molecule has 0 aromatic carbocycles. The maximum atomic E-state index is 12.3. The van der Waals surface area contributed by atoms with Crippen LogP contribution in [0.5, 0.6) is 0 Å². The molecule has 0 spiro atoms. The van der Waals surface area contributed by atoms with Gasteiger partial charge in [0.1, 0.15) is 6.61 Å². The highest BCUT2D eigenvalue weighted by Crippen LogP contribution is 2.18. The number of hydrogen-bond donors (Lipinski definition) is 1. The lowest BCUT2D eigenvalue weighted by Crippen LogP contribution is -2.28. The second kappa shape index (κ2) is 62.9. The van der Waals surface area contributed by atoms with Crippen molar-refractivity contribution in [3.8, 4) is 0 Å². The molecular formula is C67H122O5. The Morgan fingerprint density at radius 1 is 0.333 bits per heavy atom. The minimum Gasteiger partial charge on any atom is -0.462 e. The largest absolute Gasteiger partial charge is 0.462 e. The van der Waals surface area contributed by atoms with Crippen LogP contribution in [0.4, 0.5) is 0 Å². The zero-order valence-corrected chi connectivity index (χ0v) is 48.2. The van der Waals surface area contributed by atoms with Gasteiger partial charge in [-0.3, -0.25) is 9.59 Å². The third kappa shape index (κ3) is 60.2. The molecule has 0 amide bonds. The topological polar surface area (TPSA) is 72.8 Å². The van der Waals surface area contributed by atoms with E-state index in [4.69, 9.17) is 9.47 Å². The maximum Gasteiger partial charge on any atom is 0.306 e. The summed E-state index contributed by atoms with van der Waals surface area (Å²) in [7, 11) is 0. The average molecular weight is 1010 g/mol. The number of carbonyl (C=O) groups excluding carboxylic acids is 2. The van der Waals surface area contributed by atoms with Crippen molar-refractivity contribution in [1.82, 2.24) is 0 Å². The Kier molecular flexibility index (Phi) is 60.8. The molecule has 72 heavy (non-hydrogen) atoms. The van der Waals surface area contributed by atoms with E-state index in [1.807, 2.05) is 0 Å². The molecular weight excluding hydrogens is 885 g/mol. The van der Waals surface area contributed by atoms with Crippen LogP contribution in [-0.4, -0.2) is 36.4 Å². The average Bonchev–Trinajstić information content (AvgIpc) is 3.38. The predicted octanol–water partition coefficient (Wildman–Crippen LogP) is 21.8. The van der Waals surface area contributed by atoms with Crippen LogP contribution in [0.2, 0.25) is 0 Å². The van der Waals surface area contributed by atoms with Crippen LogP contribution in [0.3, 0.4) is 0 Å². The number of carbonyl (C=O) groups is 2. The van der Waals surface area contributed by atoms with Crippen LogP contribution in [-0.2, 0) is 19.1 Å². The number of allylic oxidation sites excluding steroid dienone is 10. The summed E-state index contributed by atoms with van der Waals surface area (Å²) in [5.41, 5.74) is 0. The SMILES string of the molecule is CC/C=C\C/C=C\C/C=C\C/C=C\C/C=C\CCCCCCCCCCCCCCCCCCCC(=O)OC(CO)COC(=O)CCCCCCCCCCCCCCCCCCCCCCCCCCC. The summed E-state index contributed by atoms with van der Waals surface area (Å²) in [5, 5.41) is 9.68. The zero-order valence-electron chi connectivity index (χ0n) is 48.2. The quantitative estimate of drug-likeness (QED) is 0.0373. The third-order valence-electron chi connectivity index (χ3n) is 14.3. The second-order valence-electron chi connectivity index (χ2n) is 21.5. The molecule has 0 bridgehead atoms. The van der Waals surface area contributed by atoms with Crippen molar-refractivity contribution in [2.24, 2.45) is 0 Å². The summed E-state index contributed by atoms with van der Waals surface area (Å²) in [6.45, 7) is 4.08. The van der Waals surface area contributed by atoms with Crippen molar-refractivity contribution in [2.45, 2.75) is 341 Å². The number of aliphatic hydroxyl groups excluding tert-OH is 1. The van der Waals surface area contributed by atoms with Crippen LogP contribution < -0.4 is 0 Å². The number of rotatable bonds is 59. The normalized spacial score (nSPS) is 12.5. The van der Waals surface area contributed by atoms with E-state index in [1.165, 1.54) is 244 Å². The Balaban J connectivity index is 3.43. The molecule has 0 rings (SSSR count). The maximum absolute atomic E-state index is 12.3. The Hall–Kier alpha value is -2.40. The molecule has 0 saturated heterocycles. The highest BCUT2D eigenvalue weighted by atomic mass is 16.6. The second-order valence-corrected chi connectivity index (χ2v) is 21.5. The number of ether oxygens (including phenoxy) is 2. The summed E-state index contributed by atoms with van der Waals surface area (Å²) in [5.74, 6) is -0.571. The van der Waals surface area contributed by atoms with Crippen LogP contribution in [0.1, 0.15) is 335 Å². The Bertz CT molecular complexity index is 1230. The van der Waals surface area contributed by atoms with E-state index in [1.54, 1.807) is 0 Å². The molecule has 0 aliphatic rings. The fourth-order valence-corrected chi connectivity index (χ4v) is 9.59. The van der Waals surface area contributed by atoms with Gasteiger partial charge in [-0.05, 0) is 57.8 Å². The van der Waals surface area contributed by atoms with Gasteiger partial charge in [-0.1, -0.05) is 325 Å². The number of hydrogen-bond acceptors (Lipinski definition) is 5. The fourth-order valence-electron chi connectivity index (χ4n) is 9.59. The molecule has 0 aliphatic heterocycles. The predicted molar refractivity (Wildman–Crippen MR) is 316 cm³/mol. The van der Waals surface area contributed by atoms with Crippen LogP contribution in [0, 0.1) is 0 Å². The van der Waals surface area contributed by atoms with E-state index >= 15 is 0 Å². The summed E-state index contributed by atoms with van der Waals surface area (Å²) >= 11 is 0. The van der Waals surface area contributed by atoms with Gasteiger partial charge in [-0.15, -0.1) is 0 Å². The summed E-state index contributed by atoms with van der Waals surface area (Å²) < 4.78 is 10.7. The first-order valence-electron chi connectivity index (χ1n) is 31.8. The first-order chi connectivity index (χ1) is 35.6. The first-order valence-corrected chi connectivity index (χ1v) is 31.8. The van der Waals surface area contributed by atoms with E-state index in [9.17, 15) is 14.7 Å². The fraction of sp³-hybridized carbons (Fsp3) is 0.821. The first kappa shape index (κ1) is 69.6. The van der Waals surface area contributed by atoms with Crippen molar-refractivity contribution in [3.05, 3.63) is 60.8 Å². The van der Waals surface area contributed by atoms with Gasteiger partial charge in [0.2, 0.25) is 0 Å². The van der Waals surface area contributed by atoms with Crippen molar-refractivity contribution in [1.29, 1.82) is 0 Å². The minimum atomic E-state index is -0.771. The summed E-state index contributed by atoms with van der Waals surface area (Å²) in [6, 6.07) is 0. The van der Waals surface area contributed by atoms with E-state index in [2.05, 4.69) is 74.6 Å². The molecule has 1 atom stereocenters. The Labute approximate surface area is 449 Å². The van der Waals surface area contributed by atoms with Gasteiger partial charge in [0.15, 0.2) is 6.10 Å². The molecule has 5 heteroatoms. The molecule has 0 aromatic heterocycles. The summed E-state index contributed by atoms with van der Waals surface area (Å²) in [4.78, 5) is 24.6.